The summed E-state index contributed by atoms with van der Waals surface area (Å²) in [4.78, 5) is 11.5. The Morgan fingerprint density at radius 2 is 1.64 bits per heavy atom. The summed E-state index contributed by atoms with van der Waals surface area (Å²) in [6.07, 6.45) is -4.75. The van der Waals surface area contributed by atoms with Gasteiger partial charge in [-0.15, -0.1) is 13.2 Å². The average molecular weight is 348 g/mol. The van der Waals surface area contributed by atoms with Crippen LogP contribution in [-0.2, 0) is 0 Å². The summed E-state index contributed by atoms with van der Waals surface area (Å²) in [5.41, 5.74) is 7.35. The van der Waals surface area contributed by atoms with Gasteiger partial charge in [-0.25, -0.2) is 0 Å². The third-order valence-corrected chi connectivity index (χ3v) is 3.36. The van der Waals surface area contributed by atoms with Crippen LogP contribution in [-0.4, -0.2) is 27.7 Å². The molecule has 0 aliphatic heterocycles. The van der Waals surface area contributed by atoms with Gasteiger partial charge in [0.2, 0.25) is 0 Å². The van der Waals surface area contributed by atoms with Crippen molar-refractivity contribution in [2.24, 2.45) is 5.73 Å². The number of rotatable bonds is 4. The normalized spacial score (nSPS) is 11.3. The van der Waals surface area contributed by atoms with Crippen molar-refractivity contribution in [2.75, 3.05) is 0 Å². The number of hydrogen-bond donors (Lipinski definition) is 2. The van der Waals surface area contributed by atoms with Crippen molar-refractivity contribution in [1.82, 2.24) is 15.4 Å². The number of nitrogens with zero attached hydrogens (tertiary/aromatic N) is 2. The van der Waals surface area contributed by atoms with Crippen molar-refractivity contribution >= 4 is 5.91 Å². The third kappa shape index (κ3) is 3.60. The number of benzene rings is 2. The van der Waals surface area contributed by atoms with Gasteiger partial charge < -0.3 is 10.5 Å². The molecule has 0 aliphatic rings. The number of primary amides is 1. The lowest BCUT2D eigenvalue weighted by Gasteiger charge is -2.11. The molecule has 9 heteroatoms. The Bertz CT molecular complexity index is 904. The number of hydrogen-bond acceptors (Lipinski definition) is 4. The van der Waals surface area contributed by atoms with Gasteiger partial charge in [0.1, 0.15) is 11.4 Å². The predicted octanol–water partition coefficient (Wildman–Crippen LogP) is 3.14. The third-order valence-electron chi connectivity index (χ3n) is 3.36. The zero-order valence-electron chi connectivity index (χ0n) is 12.5. The van der Waals surface area contributed by atoms with Crippen LogP contribution in [0, 0.1) is 0 Å². The van der Waals surface area contributed by atoms with Crippen LogP contribution in [0.1, 0.15) is 10.5 Å². The summed E-state index contributed by atoms with van der Waals surface area (Å²) < 4.78 is 40.6. The number of aromatic amines is 1. The van der Waals surface area contributed by atoms with Gasteiger partial charge in [0.05, 0.1) is 0 Å². The molecule has 0 atom stereocenters. The first-order valence-electron chi connectivity index (χ1n) is 7.01. The molecule has 0 fully saturated rings. The summed E-state index contributed by atoms with van der Waals surface area (Å²) in [5.74, 6) is -1.07. The maximum Gasteiger partial charge on any atom is 0.573 e. The lowest BCUT2D eigenvalue weighted by atomic mass is 9.96. The molecule has 0 bridgehead atoms. The molecule has 0 radical (unpaired) electrons. The Kier molecular flexibility index (Phi) is 4.14. The molecule has 128 valence electrons. The van der Waals surface area contributed by atoms with Crippen LogP contribution in [0.25, 0.3) is 22.4 Å². The number of H-pyrrole nitrogens is 1. The quantitative estimate of drug-likeness (QED) is 0.757. The van der Waals surface area contributed by atoms with Crippen LogP contribution in [0.15, 0.2) is 48.5 Å². The molecule has 0 spiro atoms. The fraction of sp³-hybridized carbons (Fsp3) is 0.0625. The molecule has 3 N–H and O–H groups in total. The van der Waals surface area contributed by atoms with Gasteiger partial charge in [0.15, 0.2) is 5.69 Å². The van der Waals surface area contributed by atoms with Crippen LogP contribution in [0.2, 0.25) is 0 Å². The Hall–Kier alpha value is -3.36. The lowest BCUT2D eigenvalue weighted by molar-refractivity contribution is -0.274. The number of carbonyl (C=O) groups is 1. The van der Waals surface area contributed by atoms with E-state index in [4.69, 9.17) is 5.73 Å². The van der Waals surface area contributed by atoms with Crippen LogP contribution in [0.5, 0.6) is 5.75 Å². The molecule has 1 amide bonds. The summed E-state index contributed by atoms with van der Waals surface area (Å²) in [5, 5.41) is 10.0. The molecule has 3 aromatic rings. The SMILES string of the molecule is NC(=O)c1n[nH]nc1-c1ccccc1-c1ccc(OC(F)(F)F)cc1. The minimum absolute atomic E-state index is 0.0236. The standard InChI is InChI=1S/C16H11F3N4O2/c17-16(18,19)25-10-7-5-9(6-8-10)11-3-1-2-4-12(11)13-14(15(20)24)22-23-21-13/h1-8H,(H2,20,24)(H,21,22,23). The Balaban J connectivity index is 2.02. The van der Waals surface area contributed by atoms with E-state index in [1.165, 1.54) is 24.3 Å². The average Bonchev–Trinajstić information content (AvgIpc) is 3.04. The maximum absolute atomic E-state index is 12.3. The Labute approximate surface area is 139 Å². The zero-order valence-corrected chi connectivity index (χ0v) is 12.5. The van der Waals surface area contributed by atoms with E-state index >= 15 is 0 Å². The van der Waals surface area contributed by atoms with Crippen molar-refractivity contribution < 1.29 is 22.7 Å². The van der Waals surface area contributed by atoms with Gasteiger partial charge in [-0.05, 0) is 23.3 Å². The van der Waals surface area contributed by atoms with Crippen molar-refractivity contribution in [3.8, 4) is 28.1 Å². The minimum atomic E-state index is -4.75. The number of nitrogens with two attached hydrogens (primary N) is 1. The van der Waals surface area contributed by atoms with Crippen molar-refractivity contribution in [3.63, 3.8) is 0 Å². The number of nitrogens with one attached hydrogen (secondary N) is 1. The van der Waals surface area contributed by atoms with E-state index in [2.05, 4.69) is 20.1 Å². The molecule has 1 heterocycles. The van der Waals surface area contributed by atoms with Gasteiger partial charge in [0, 0.05) is 5.56 Å². The van der Waals surface area contributed by atoms with Crippen LogP contribution in [0.3, 0.4) is 0 Å². The molecular weight excluding hydrogens is 337 g/mol. The predicted molar refractivity (Wildman–Crippen MR) is 82.5 cm³/mol. The Morgan fingerprint density at radius 3 is 2.24 bits per heavy atom. The number of amides is 1. The highest BCUT2D eigenvalue weighted by molar-refractivity contribution is 5.98. The highest BCUT2D eigenvalue weighted by Gasteiger charge is 2.31. The van der Waals surface area contributed by atoms with E-state index in [1.807, 2.05) is 0 Å². The van der Waals surface area contributed by atoms with E-state index < -0.39 is 12.3 Å². The van der Waals surface area contributed by atoms with Crippen LogP contribution in [0.4, 0.5) is 13.2 Å². The van der Waals surface area contributed by atoms with E-state index in [1.54, 1.807) is 24.3 Å². The minimum Gasteiger partial charge on any atom is -0.406 e. The van der Waals surface area contributed by atoms with Gasteiger partial charge in [-0.1, -0.05) is 36.4 Å². The van der Waals surface area contributed by atoms with Gasteiger partial charge in [-0.2, -0.15) is 15.4 Å². The first-order chi connectivity index (χ1) is 11.8. The van der Waals surface area contributed by atoms with Crippen molar-refractivity contribution in [2.45, 2.75) is 6.36 Å². The summed E-state index contributed by atoms with van der Waals surface area (Å²) in [6.45, 7) is 0. The molecule has 0 saturated carbocycles. The molecule has 0 unspecified atom stereocenters. The van der Waals surface area contributed by atoms with Crippen LogP contribution < -0.4 is 10.5 Å². The maximum atomic E-state index is 12.3. The smallest absolute Gasteiger partial charge is 0.406 e. The fourth-order valence-electron chi connectivity index (χ4n) is 2.37. The largest absolute Gasteiger partial charge is 0.573 e. The lowest BCUT2D eigenvalue weighted by Crippen LogP contribution is -2.16. The van der Waals surface area contributed by atoms with E-state index in [9.17, 15) is 18.0 Å². The number of ether oxygens (including phenoxy) is 1. The fourth-order valence-corrected chi connectivity index (χ4v) is 2.37. The molecule has 25 heavy (non-hydrogen) atoms. The molecule has 6 nitrogen and oxygen atoms in total. The second kappa shape index (κ2) is 6.27. The first-order valence-corrected chi connectivity index (χ1v) is 7.01. The molecule has 1 aromatic heterocycles. The molecule has 2 aromatic carbocycles. The molecule has 0 aliphatic carbocycles. The number of carbonyl (C=O) groups excluding carboxylic acids is 1. The highest BCUT2D eigenvalue weighted by Crippen LogP contribution is 2.33. The zero-order chi connectivity index (χ0) is 18.0. The second-order valence-electron chi connectivity index (χ2n) is 5.00. The molecule has 0 saturated heterocycles. The summed E-state index contributed by atoms with van der Waals surface area (Å²) in [7, 11) is 0. The highest BCUT2D eigenvalue weighted by atomic mass is 19.4. The summed E-state index contributed by atoms with van der Waals surface area (Å²) >= 11 is 0. The topological polar surface area (TPSA) is 93.9 Å². The van der Waals surface area contributed by atoms with Gasteiger partial charge in [-0.3, -0.25) is 4.79 Å². The first kappa shape index (κ1) is 16.5. The van der Waals surface area contributed by atoms with Crippen molar-refractivity contribution in [3.05, 3.63) is 54.2 Å². The van der Waals surface area contributed by atoms with Gasteiger partial charge in [0.25, 0.3) is 5.91 Å². The van der Waals surface area contributed by atoms with Gasteiger partial charge >= 0.3 is 6.36 Å². The monoisotopic (exact) mass is 348 g/mol. The van der Waals surface area contributed by atoms with E-state index in [0.717, 1.165) is 0 Å². The number of aromatic nitrogens is 3. The van der Waals surface area contributed by atoms with E-state index in [0.29, 0.717) is 16.7 Å². The van der Waals surface area contributed by atoms with Crippen molar-refractivity contribution in [1.29, 1.82) is 0 Å². The van der Waals surface area contributed by atoms with E-state index in [-0.39, 0.29) is 17.1 Å². The number of alkyl halides is 3. The number of halogens is 3. The Morgan fingerprint density at radius 1 is 1.00 bits per heavy atom. The molecule has 3 rings (SSSR count). The second-order valence-corrected chi connectivity index (χ2v) is 5.00. The van der Waals surface area contributed by atoms with Crippen LogP contribution >= 0.6 is 0 Å². The summed E-state index contributed by atoms with van der Waals surface area (Å²) in [6, 6.07) is 12.3. The molecular formula is C16H11F3N4O2.